The molecule has 2 nitrogen and oxygen atoms in total. The maximum Gasteiger partial charge on any atom is 0.0278 e. The van der Waals surface area contributed by atoms with Crippen molar-refractivity contribution in [3.8, 4) is 0 Å². The molecule has 1 radical (unpaired) electrons. The summed E-state index contributed by atoms with van der Waals surface area (Å²) in [7, 11) is 2.01. The first kappa shape index (κ1) is 7.92. The molecule has 0 aromatic carbocycles. The summed E-state index contributed by atoms with van der Waals surface area (Å²) in [6.45, 7) is 6.18. The Morgan fingerprint density at radius 3 is 2.38 bits per heavy atom. The molecule has 49 valence electrons. The molecular weight excluding hydrogens is 100 g/mol. The Bertz CT molecular complexity index is 39.8. The van der Waals surface area contributed by atoms with Crippen LogP contribution in [0.3, 0.4) is 0 Å². The SMILES string of the molecule is CCCN(C)[N]CC. The molecule has 0 heterocycles. The van der Waals surface area contributed by atoms with Crippen molar-refractivity contribution in [2.45, 2.75) is 20.3 Å². The summed E-state index contributed by atoms with van der Waals surface area (Å²) in [4.78, 5) is 0. The van der Waals surface area contributed by atoms with Crippen LogP contribution in [-0.4, -0.2) is 25.1 Å². The lowest BCUT2D eigenvalue weighted by atomic mass is 10.5. The van der Waals surface area contributed by atoms with Crippen LogP contribution in [0.4, 0.5) is 0 Å². The van der Waals surface area contributed by atoms with Crippen LogP contribution in [0.15, 0.2) is 0 Å². The molecular formula is C6H15N2. The molecule has 0 unspecified atom stereocenters. The zero-order valence-electron chi connectivity index (χ0n) is 6.02. The molecule has 0 bridgehead atoms. The number of hydrogen-bond acceptors (Lipinski definition) is 1. The van der Waals surface area contributed by atoms with Crippen LogP contribution in [-0.2, 0) is 0 Å². The summed E-state index contributed by atoms with van der Waals surface area (Å²) < 4.78 is 0. The van der Waals surface area contributed by atoms with E-state index < -0.39 is 0 Å². The van der Waals surface area contributed by atoms with Gasteiger partial charge in [-0.05, 0) is 13.3 Å². The highest BCUT2D eigenvalue weighted by atomic mass is 15.5. The van der Waals surface area contributed by atoms with Gasteiger partial charge in [-0.1, -0.05) is 6.92 Å². The zero-order valence-corrected chi connectivity index (χ0v) is 6.02. The Labute approximate surface area is 51.8 Å². The standard InChI is InChI=1S/C6H15N2/c1-4-6-8(3)7-5-2/h4-6H2,1-3H3. The van der Waals surface area contributed by atoms with Crippen molar-refractivity contribution in [3.05, 3.63) is 0 Å². The van der Waals surface area contributed by atoms with Gasteiger partial charge in [-0.15, -0.1) is 0 Å². The van der Waals surface area contributed by atoms with Crippen LogP contribution < -0.4 is 5.43 Å². The Morgan fingerprint density at radius 2 is 2.00 bits per heavy atom. The number of nitrogens with zero attached hydrogens (tertiary/aromatic N) is 2. The molecule has 0 saturated heterocycles. The van der Waals surface area contributed by atoms with Crippen molar-refractivity contribution in [1.82, 2.24) is 10.4 Å². The van der Waals surface area contributed by atoms with Crippen LogP contribution >= 0.6 is 0 Å². The van der Waals surface area contributed by atoms with Crippen LogP contribution in [0, 0.1) is 0 Å². The summed E-state index contributed by atoms with van der Waals surface area (Å²) in [5, 5.41) is 1.99. The van der Waals surface area contributed by atoms with E-state index in [4.69, 9.17) is 0 Å². The monoisotopic (exact) mass is 115 g/mol. The minimum atomic E-state index is 0.899. The molecule has 0 saturated carbocycles. The van der Waals surface area contributed by atoms with E-state index >= 15 is 0 Å². The molecule has 0 aliphatic heterocycles. The van der Waals surface area contributed by atoms with E-state index in [-0.39, 0.29) is 0 Å². The smallest absolute Gasteiger partial charge is 0.0278 e. The van der Waals surface area contributed by atoms with Gasteiger partial charge in [-0.25, -0.2) is 5.01 Å². The normalized spacial score (nSPS) is 10.5. The largest absolute Gasteiger partial charge is 0.230 e. The highest BCUT2D eigenvalue weighted by Gasteiger charge is 1.90. The minimum Gasteiger partial charge on any atom is -0.230 e. The van der Waals surface area contributed by atoms with Crippen LogP contribution in [0.25, 0.3) is 0 Å². The summed E-state index contributed by atoms with van der Waals surface area (Å²) in [5.74, 6) is 0. The molecule has 0 spiro atoms. The molecule has 0 amide bonds. The van der Waals surface area contributed by atoms with E-state index in [9.17, 15) is 0 Å². The van der Waals surface area contributed by atoms with Crippen LogP contribution in [0.5, 0.6) is 0 Å². The maximum atomic E-state index is 4.15. The third kappa shape index (κ3) is 4.09. The van der Waals surface area contributed by atoms with Gasteiger partial charge in [0, 0.05) is 20.1 Å². The first-order valence-corrected chi connectivity index (χ1v) is 3.19. The first-order chi connectivity index (χ1) is 3.81. The second-order valence-corrected chi connectivity index (χ2v) is 1.84. The van der Waals surface area contributed by atoms with Gasteiger partial charge in [0.1, 0.15) is 0 Å². The third-order valence-corrected chi connectivity index (χ3v) is 0.930. The fourth-order valence-electron chi connectivity index (χ4n) is 0.636. The molecule has 0 aliphatic carbocycles. The second kappa shape index (κ2) is 5.06. The van der Waals surface area contributed by atoms with Crippen molar-refractivity contribution in [3.63, 3.8) is 0 Å². The highest BCUT2D eigenvalue weighted by Crippen LogP contribution is 1.80. The first-order valence-electron chi connectivity index (χ1n) is 3.19. The third-order valence-electron chi connectivity index (χ3n) is 0.930. The quantitative estimate of drug-likeness (QED) is 0.497. The van der Waals surface area contributed by atoms with Crippen molar-refractivity contribution in [2.75, 3.05) is 20.1 Å². The van der Waals surface area contributed by atoms with Crippen molar-refractivity contribution in [1.29, 1.82) is 0 Å². The summed E-state index contributed by atoms with van der Waals surface area (Å²) in [6.07, 6.45) is 1.18. The Balaban J connectivity index is 2.92. The van der Waals surface area contributed by atoms with Gasteiger partial charge in [0.2, 0.25) is 0 Å². The van der Waals surface area contributed by atoms with Crippen LogP contribution in [0.2, 0.25) is 0 Å². The number of hydrogen-bond donors (Lipinski definition) is 0. The lowest BCUT2D eigenvalue weighted by Crippen LogP contribution is -2.27. The van der Waals surface area contributed by atoms with E-state index in [1.165, 1.54) is 6.42 Å². The van der Waals surface area contributed by atoms with Crippen LogP contribution in [0.1, 0.15) is 20.3 Å². The Kier molecular flexibility index (Phi) is 5.01. The van der Waals surface area contributed by atoms with Crippen molar-refractivity contribution in [2.24, 2.45) is 0 Å². The van der Waals surface area contributed by atoms with E-state index in [1.54, 1.807) is 0 Å². The molecule has 0 aromatic heterocycles. The highest BCUT2D eigenvalue weighted by molar-refractivity contribution is 4.38. The molecule has 2 heteroatoms. The average molecular weight is 115 g/mol. The van der Waals surface area contributed by atoms with E-state index in [2.05, 4.69) is 12.3 Å². The zero-order chi connectivity index (χ0) is 6.41. The van der Waals surface area contributed by atoms with Gasteiger partial charge in [-0.2, -0.15) is 5.43 Å². The van der Waals surface area contributed by atoms with E-state index in [1.807, 2.05) is 19.0 Å². The molecule has 0 atom stereocenters. The molecule has 0 N–H and O–H groups in total. The predicted octanol–water partition coefficient (Wildman–Crippen LogP) is 0.868. The van der Waals surface area contributed by atoms with Crippen molar-refractivity contribution < 1.29 is 0 Å². The van der Waals surface area contributed by atoms with Gasteiger partial charge in [0.25, 0.3) is 0 Å². The molecule has 8 heavy (non-hydrogen) atoms. The summed E-state index contributed by atoms with van der Waals surface area (Å²) >= 11 is 0. The minimum absolute atomic E-state index is 0.899. The average Bonchev–Trinajstić information content (AvgIpc) is 1.68. The van der Waals surface area contributed by atoms with E-state index in [0.717, 1.165) is 13.1 Å². The fraction of sp³-hybridized carbons (Fsp3) is 1.00. The lowest BCUT2D eigenvalue weighted by molar-refractivity contribution is 0.233. The van der Waals surface area contributed by atoms with Gasteiger partial charge >= 0.3 is 0 Å². The molecule has 0 aliphatic rings. The Morgan fingerprint density at radius 1 is 1.38 bits per heavy atom. The summed E-state index contributed by atoms with van der Waals surface area (Å²) in [6, 6.07) is 0. The van der Waals surface area contributed by atoms with Crippen molar-refractivity contribution >= 4 is 0 Å². The summed E-state index contributed by atoms with van der Waals surface area (Å²) in [5.41, 5.74) is 4.15. The maximum absolute atomic E-state index is 4.15. The molecule has 0 fully saturated rings. The van der Waals surface area contributed by atoms with Gasteiger partial charge in [0.05, 0.1) is 0 Å². The van der Waals surface area contributed by atoms with E-state index in [0.29, 0.717) is 0 Å². The molecule has 0 rings (SSSR count). The lowest BCUT2D eigenvalue weighted by Gasteiger charge is -2.11. The van der Waals surface area contributed by atoms with Gasteiger partial charge < -0.3 is 0 Å². The van der Waals surface area contributed by atoms with Gasteiger partial charge in [0.15, 0.2) is 0 Å². The number of rotatable bonds is 4. The Hall–Kier alpha value is -0.0800. The fourth-order valence-corrected chi connectivity index (χ4v) is 0.636. The predicted molar refractivity (Wildman–Crippen MR) is 35.6 cm³/mol. The topological polar surface area (TPSA) is 17.3 Å². The second-order valence-electron chi connectivity index (χ2n) is 1.84. The molecule has 0 aromatic rings. The van der Waals surface area contributed by atoms with Gasteiger partial charge in [-0.3, -0.25) is 0 Å².